The van der Waals surface area contributed by atoms with E-state index in [-0.39, 0.29) is 11.4 Å². The maximum atomic E-state index is 11.8. The standard InChI is InChI=1S/C13H17N3OS2/c1-13(2,14)8-18-7-11(17)16-12-15-9-5-3-4-6-10(9)19-12/h3-6H,7-8,14H2,1-2H3,(H,15,16,17). The van der Waals surface area contributed by atoms with E-state index < -0.39 is 0 Å². The van der Waals surface area contributed by atoms with Gasteiger partial charge >= 0.3 is 0 Å². The zero-order chi connectivity index (χ0) is 13.9. The molecule has 0 aliphatic carbocycles. The van der Waals surface area contributed by atoms with Crippen LogP contribution in [0.2, 0.25) is 0 Å². The van der Waals surface area contributed by atoms with E-state index in [0.29, 0.717) is 10.9 Å². The minimum atomic E-state index is -0.249. The Labute approximate surface area is 120 Å². The summed E-state index contributed by atoms with van der Waals surface area (Å²) in [6, 6.07) is 7.83. The number of benzene rings is 1. The smallest absolute Gasteiger partial charge is 0.236 e. The Morgan fingerprint density at radius 2 is 2.21 bits per heavy atom. The van der Waals surface area contributed by atoms with E-state index >= 15 is 0 Å². The van der Waals surface area contributed by atoms with Gasteiger partial charge in [0, 0.05) is 11.3 Å². The predicted molar refractivity (Wildman–Crippen MR) is 83.8 cm³/mol. The quantitative estimate of drug-likeness (QED) is 0.890. The summed E-state index contributed by atoms with van der Waals surface area (Å²) in [6.45, 7) is 3.90. The fourth-order valence-electron chi connectivity index (χ4n) is 1.49. The molecule has 0 aliphatic heterocycles. The third-order valence-corrected chi connectivity index (χ3v) is 4.61. The van der Waals surface area contributed by atoms with Crippen molar-refractivity contribution < 1.29 is 4.79 Å². The number of hydrogen-bond acceptors (Lipinski definition) is 5. The summed E-state index contributed by atoms with van der Waals surface area (Å²) >= 11 is 3.02. The molecule has 19 heavy (non-hydrogen) atoms. The average Bonchev–Trinajstić information content (AvgIpc) is 2.68. The molecule has 2 aromatic rings. The van der Waals surface area contributed by atoms with Gasteiger partial charge in [-0.25, -0.2) is 4.98 Å². The van der Waals surface area contributed by atoms with Crippen LogP contribution in [0.1, 0.15) is 13.8 Å². The lowest BCUT2D eigenvalue weighted by atomic mass is 10.1. The van der Waals surface area contributed by atoms with Crippen molar-refractivity contribution in [3.05, 3.63) is 24.3 Å². The van der Waals surface area contributed by atoms with Crippen molar-refractivity contribution >= 4 is 44.4 Å². The highest BCUT2D eigenvalue weighted by atomic mass is 32.2. The Morgan fingerprint density at radius 3 is 2.89 bits per heavy atom. The van der Waals surface area contributed by atoms with Gasteiger partial charge in [-0.15, -0.1) is 0 Å². The number of nitrogens with one attached hydrogen (secondary N) is 1. The minimum absolute atomic E-state index is 0.0340. The van der Waals surface area contributed by atoms with Crippen LogP contribution in [-0.2, 0) is 4.79 Å². The molecule has 1 heterocycles. The van der Waals surface area contributed by atoms with Gasteiger partial charge in [-0.3, -0.25) is 4.79 Å². The van der Waals surface area contributed by atoms with Crippen molar-refractivity contribution in [1.82, 2.24) is 4.98 Å². The summed E-state index contributed by atoms with van der Waals surface area (Å²) in [5, 5.41) is 3.48. The van der Waals surface area contributed by atoms with E-state index in [1.807, 2.05) is 38.1 Å². The van der Waals surface area contributed by atoms with Crippen molar-refractivity contribution in [3.63, 3.8) is 0 Å². The van der Waals surface area contributed by atoms with E-state index in [1.165, 1.54) is 23.1 Å². The molecule has 1 aromatic heterocycles. The summed E-state index contributed by atoms with van der Waals surface area (Å²) in [5.74, 6) is 1.12. The Hall–Kier alpha value is -1.11. The number of thioether (sulfide) groups is 1. The van der Waals surface area contributed by atoms with Crippen molar-refractivity contribution in [1.29, 1.82) is 0 Å². The van der Waals surface area contributed by atoms with Crippen LogP contribution in [-0.4, -0.2) is 27.9 Å². The van der Waals surface area contributed by atoms with Gasteiger partial charge in [-0.1, -0.05) is 23.5 Å². The number of fused-ring (bicyclic) bond motifs is 1. The second-order valence-corrected chi connectivity index (χ2v) is 7.03. The van der Waals surface area contributed by atoms with E-state index in [1.54, 1.807) is 0 Å². The number of hydrogen-bond donors (Lipinski definition) is 2. The molecule has 0 radical (unpaired) electrons. The largest absolute Gasteiger partial charge is 0.325 e. The number of nitrogens with zero attached hydrogens (tertiary/aromatic N) is 1. The van der Waals surface area contributed by atoms with Gasteiger partial charge < -0.3 is 11.1 Å². The molecule has 0 atom stereocenters. The lowest BCUT2D eigenvalue weighted by Crippen LogP contribution is -2.35. The van der Waals surface area contributed by atoms with Crippen LogP contribution < -0.4 is 11.1 Å². The van der Waals surface area contributed by atoms with Gasteiger partial charge in [-0.05, 0) is 26.0 Å². The van der Waals surface area contributed by atoms with E-state index in [9.17, 15) is 4.79 Å². The Bertz CT molecular complexity index is 542. The molecule has 0 bridgehead atoms. The van der Waals surface area contributed by atoms with Gasteiger partial charge in [0.05, 0.1) is 16.0 Å². The molecule has 0 spiro atoms. The normalized spacial score (nSPS) is 11.7. The summed E-state index contributed by atoms with van der Waals surface area (Å²) in [5.41, 5.74) is 6.53. The van der Waals surface area contributed by atoms with Crippen LogP contribution in [0.3, 0.4) is 0 Å². The molecule has 4 nitrogen and oxygen atoms in total. The average molecular weight is 295 g/mol. The maximum Gasteiger partial charge on any atom is 0.236 e. The first-order chi connectivity index (χ1) is 8.94. The van der Waals surface area contributed by atoms with Gasteiger partial charge in [0.15, 0.2) is 5.13 Å². The van der Waals surface area contributed by atoms with Gasteiger partial charge in [0.2, 0.25) is 5.91 Å². The Kier molecular flexibility index (Phi) is 4.44. The molecule has 0 saturated heterocycles. The van der Waals surface area contributed by atoms with E-state index in [2.05, 4.69) is 10.3 Å². The van der Waals surface area contributed by atoms with Crippen LogP contribution in [0.5, 0.6) is 0 Å². The fraction of sp³-hybridized carbons (Fsp3) is 0.385. The maximum absolute atomic E-state index is 11.8. The third kappa shape index (κ3) is 4.49. The van der Waals surface area contributed by atoms with Gasteiger partial charge in [-0.2, -0.15) is 11.8 Å². The fourth-order valence-corrected chi connectivity index (χ4v) is 3.26. The molecular formula is C13H17N3OS2. The molecule has 6 heteroatoms. The zero-order valence-corrected chi connectivity index (χ0v) is 12.6. The summed E-state index contributed by atoms with van der Waals surface area (Å²) in [6.07, 6.45) is 0. The third-order valence-electron chi connectivity index (χ3n) is 2.25. The zero-order valence-electron chi connectivity index (χ0n) is 11.0. The number of rotatable bonds is 5. The molecule has 0 fully saturated rings. The molecular weight excluding hydrogens is 278 g/mol. The molecule has 0 unspecified atom stereocenters. The summed E-state index contributed by atoms with van der Waals surface area (Å²) in [7, 11) is 0. The monoisotopic (exact) mass is 295 g/mol. The lowest BCUT2D eigenvalue weighted by Gasteiger charge is -2.16. The van der Waals surface area contributed by atoms with Crippen LogP contribution in [0.15, 0.2) is 24.3 Å². The van der Waals surface area contributed by atoms with Crippen molar-refractivity contribution in [2.75, 3.05) is 16.8 Å². The first kappa shape index (κ1) is 14.3. The van der Waals surface area contributed by atoms with Crippen LogP contribution in [0.25, 0.3) is 10.2 Å². The molecule has 1 amide bonds. The molecule has 1 aromatic carbocycles. The number of aromatic nitrogens is 1. The molecule has 2 rings (SSSR count). The molecule has 3 N–H and O–H groups in total. The number of amides is 1. The number of para-hydroxylation sites is 1. The second kappa shape index (κ2) is 5.90. The minimum Gasteiger partial charge on any atom is -0.325 e. The Balaban J connectivity index is 1.88. The predicted octanol–water partition coefficient (Wildman–Crippen LogP) is 2.71. The van der Waals surface area contributed by atoms with Crippen molar-refractivity contribution in [2.24, 2.45) is 5.73 Å². The van der Waals surface area contributed by atoms with Crippen LogP contribution >= 0.6 is 23.1 Å². The highest BCUT2D eigenvalue weighted by molar-refractivity contribution is 8.00. The number of carbonyl (C=O) groups excluding carboxylic acids is 1. The number of anilines is 1. The number of nitrogens with two attached hydrogens (primary N) is 1. The topological polar surface area (TPSA) is 68.0 Å². The molecule has 0 saturated carbocycles. The molecule has 0 aliphatic rings. The van der Waals surface area contributed by atoms with Crippen LogP contribution in [0, 0.1) is 0 Å². The van der Waals surface area contributed by atoms with E-state index in [4.69, 9.17) is 5.73 Å². The summed E-state index contributed by atoms with van der Waals surface area (Å²) in [4.78, 5) is 16.1. The Morgan fingerprint density at radius 1 is 1.47 bits per heavy atom. The van der Waals surface area contributed by atoms with Gasteiger partial charge in [0.25, 0.3) is 0 Å². The molecule has 102 valence electrons. The number of thiazole rings is 1. The second-order valence-electron chi connectivity index (χ2n) is 5.02. The number of carbonyl (C=O) groups is 1. The highest BCUT2D eigenvalue weighted by Crippen LogP contribution is 2.25. The highest BCUT2D eigenvalue weighted by Gasteiger charge is 2.12. The summed E-state index contributed by atoms with van der Waals surface area (Å²) < 4.78 is 1.08. The van der Waals surface area contributed by atoms with E-state index in [0.717, 1.165) is 16.0 Å². The van der Waals surface area contributed by atoms with Crippen molar-refractivity contribution in [2.45, 2.75) is 19.4 Å². The lowest BCUT2D eigenvalue weighted by molar-refractivity contribution is -0.113. The first-order valence-corrected chi connectivity index (χ1v) is 7.93. The van der Waals surface area contributed by atoms with Gasteiger partial charge in [0.1, 0.15) is 0 Å². The van der Waals surface area contributed by atoms with Crippen LogP contribution in [0.4, 0.5) is 5.13 Å². The first-order valence-electron chi connectivity index (χ1n) is 5.96. The van der Waals surface area contributed by atoms with Crippen molar-refractivity contribution in [3.8, 4) is 0 Å². The SMILES string of the molecule is CC(C)(N)CSCC(=O)Nc1nc2ccccc2s1.